The molecule has 0 unspecified atom stereocenters. The molecule has 2 aromatic rings. The summed E-state index contributed by atoms with van der Waals surface area (Å²) in [6, 6.07) is 9.64. The number of nitro benzene ring substituents is 1. The second-order valence-electron chi connectivity index (χ2n) is 6.34. The van der Waals surface area contributed by atoms with Crippen molar-refractivity contribution in [2.24, 2.45) is 0 Å². The van der Waals surface area contributed by atoms with E-state index in [4.69, 9.17) is 0 Å². The fourth-order valence-electron chi connectivity index (χ4n) is 3.15. The predicted molar refractivity (Wildman–Crippen MR) is 99.4 cm³/mol. The molecule has 1 aliphatic rings. The largest absolute Gasteiger partial charge is 0.375 e. The molecular weight excluding hydrogens is 373 g/mol. The van der Waals surface area contributed by atoms with Crippen LogP contribution < -0.4 is 5.32 Å². The van der Waals surface area contributed by atoms with E-state index in [9.17, 15) is 22.9 Å². The number of hydrogen-bond donors (Lipinski definition) is 1. The first kappa shape index (κ1) is 19.2. The number of piperidine rings is 1. The molecule has 144 valence electrons. The number of halogens is 1. The van der Waals surface area contributed by atoms with Crippen molar-refractivity contribution < 1.29 is 17.7 Å². The summed E-state index contributed by atoms with van der Waals surface area (Å²) in [5.41, 5.74) is 0.208. The Morgan fingerprint density at radius 2 is 1.81 bits per heavy atom. The molecule has 0 spiro atoms. The Balaban J connectivity index is 1.87. The fraction of sp³-hybridized carbons (Fsp3) is 0.333. The second kappa shape index (κ2) is 8.01. The van der Waals surface area contributed by atoms with E-state index >= 15 is 0 Å². The molecule has 0 amide bonds. The maximum absolute atomic E-state index is 13.5. The summed E-state index contributed by atoms with van der Waals surface area (Å²) in [7, 11) is -3.65. The smallest absolute Gasteiger partial charge is 0.292 e. The van der Waals surface area contributed by atoms with E-state index < -0.39 is 20.8 Å². The molecule has 1 N–H and O–H groups in total. The molecule has 1 saturated heterocycles. The van der Waals surface area contributed by atoms with E-state index in [1.54, 1.807) is 18.2 Å². The molecule has 1 heterocycles. The van der Waals surface area contributed by atoms with Gasteiger partial charge in [-0.25, -0.2) is 12.8 Å². The highest BCUT2D eigenvalue weighted by Crippen LogP contribution is 2.28. The van der Waals surface area contributed by atoms with Crippen LogP contribution in [-0.2, 0) is 16.6 Å². The van der Waals surface area contributed by atoms with Gasteiger partial charge >= 0.3 is 0 Å². The van der Waals surface area contributed by atoms with Crippen molar-refractivity contribution in [3.05, 3.63) is 64.0 Å². The molecule has 0 radical (unpaired) electrons. The van der Waals surface area contributed by atoms with Gasteiger partial charge in [0.05, 0.1) is 9.82 Å². The van der Waals surface area contributed by atoms with Gasteiger partial charge in [-0.3, -0.25) is 10.1 Å². The number of sulfonamides is 1. The molecule has 0 aliphatic carbocycles. The highest BCUT2D eigenvalue weighted by atomic mass is 32.2. The van der Waals surface area contributed by atoms with Crippen molar-refractivity contribution in [2.45, 2.75) is 30.7 Å². The number of nitrogens with one attached hydrogen (secondary N) is 1. The third-order valence-corrected chi connectivity index (χ3v) is 6.53. The van der Waals surface area contributed by atoms with E-state index in [1.165, 1.54) is 10.4 Å². The van der Waals surface area contributed by atoms with Crippen molar-refractivity contribution in [3.63, 3.8) is 0 Å². The SMILES string of the molecule is O=[N+]([O-])c1ccc(F)cc1NCc1ccccc1S(=O)(=O)N1CCCCC1. The van der Waals surface area contributed by atoms with E-state index in [-0.39, 0.29) is 22.8 Å². The Morgan fingerprint density at radius 1 is 1.11 bits per heavy atom. The molecule has 0 aromatic heterocycles. The van der Waals surface area contributed by atoms with E-state index in [0.29, 0.717) is 18.7 Å². The molecule has 1 aliphatic heterocycles. The van der Waals surface area contributed by atoms with Crippen LogP contribution in [0, 0.1) is 15.9 Å². The number of anilines is 1. The minimum absolute atomic E-state index is 0.00479. The lowest BCUT2D eigenvalue weighted by molar-refractivity contribution is -0.384. The quantitative estimate of drug-likeness (QED) is 0.599. The molecule has 27 heavy (non-hydrogen) atoms. The summed E-state index contributed by atoms with van der Waals surface area (Å²) in [5, 5.41) is 13.9. The van der Waals surface area contributed by atoms with E-state index in [0.717, 1.165) is 37.5 Å². The Bertz CT molecular complexity index is 943. The van der Waals surface area contributed by atoms with Gasteiger partial charge in [-0.1, -0.05) is 24.6 Å². The number of rotatable bonds is 6. The maximum Gasteiger partial charge on any atom is 0.292 e. The lowest BCUT2D eigenvalue weighted by Gasteiger charge is -2.26. The van der Waals surface area contributed by atoms with Crippen molar-refractivity contribution in [2.75, 3.05) is 18.4 Å². The van der Waals surface area contributed by atoms with Gasteiger partial charge in [0.2, 0.25) is 10.0 Å². The molecule has 3 rings (SSSR count). The Morgan fingerprint density at radius 3 is 2.52 bits per heavy atom. The zero-order valence-electron chi connectivity index (χ0n) is 14.6. The van der Waals surface area contributed by atoms with Crippen LogP contribution in [0.4, 0.5) is 15.8 Å². The van der Waals surface area contributed by atoms with E-state index in [1.807, 2.05) is 0 Å². The van der Waals surface area contributed by atoms with Crippen molar-refractivity contribution in [3.8, 4) is 0 Å². The first-order valence-electron chi connectivity index (χ1n) is 8.65. The summed E-state index contributed by atoms with van der Waals surface area (Å²) in [6.45, 7) is 0.993. The fourth-order valence-corrected chi connectivity index (χ4v) is 4.88. The summed E-state index contributed by atoms with van der Waals surface area (Å²) in [6.07, 6.45) is 2.67. The lowest BCUT2D eigenvalue weighted by atomic mass is 10.2. The average Bonchev–Trinajstić information content (AvgIpc) is 2.67. The molecule has 0 atom stereocenters. The first-order valence-corrected chi connectivity index (χ1v) is 10.1. The number of hydrogen-bond acceptors (Lipinski definition) is 5. The summed E-state index contributed by atoms with van der Waals surface area (Å²) < 4.78 is 40.9. The highest BCUT2D eigenvalue weighted by Gasteiger charge is 2.28. The van der Waals surface area contributed by atoms with Gasteiger partial charge in [0.1, 0.15) is 11.5 Å². The van der Waals surface area contributed by atoms with Gasteiger partial charge in [-0.2, -0.15) is 4.31 Å². The van der Waals surface area contributed by atoms with Crippen molar-refractivity contribution >= 4 is 21.4 Å². The number of nitrogens with zero attached hydrogens (tertiary/aromatic N) is 2. The normalized spacial score (nSPS) is 15.4. The minimum Gasteiger partial charge on any atom is -0.375 e. The maximum atomic E-state index is 13.5. The summed E-state index contributed by atoms with van der Waals surface area (Å²) >= 11 is 0. The van der Waals surface area contributed by atoms with Crippen molar-refractivity contribution in [1.29, 1.82) is 0 Å². The Kier molecular flexibility index (Phi) is 5.71. The van der Waals surface area contributed by atoms with Crippen LogP contribution in [-0.4, -0.2) is 30.7 Å². The first-order chi connectivity index (χ1) is 12.9. The summed E-state index contributed by atoms with van der Waals surface area (Å²) in [4.78, 5) is 10.7. The van der Waals surface area contributed by atoms with Gasteiger partial charge in [0.15, 0.2) is 0 Å². The van der Waals surface area contributed by atoms with Crippen molar-refractivity contribution in [1.82, 2.24) is 4.31 Å². The number of benzene rings is 2. The number of nitro groups is 1. The molecule has 1 fully saturated rings. The predicted octanol–water partition coefficient (Wildman–Crippen LogP) is 3.52. The van der Waals surface area contributed by atoms with Crippen LogP contribution in [0.5, 0.6) is 0 Å². The molecule has 2 aromatic carbocycles. The molecular formula is C18H20FN3O4S. The van der Waals surface area contributed by atoms with Crippen LogP contribution in [0.3, 0.4) is 0 Å². The third-order valence-electron chi connectivity index (χ3n) is 4.53. The van der Waals surface area contributed by atoms with Gasteiger partial charge in [-0.05, 0) is 30.5 Å². The zero-order chi connectivity index (χ0) is 19.4. The second-order valence-corrected chi connectivity index (χ2v) is 8.25. The molecule has 0 bridgehead atoms. The average molecular weight is 393 g/mol. The third kappa shape index (κ3) is 4.25. The molecule has 9 heteroatoms. The standard InChI is InChI=1S/C18H20FN3O4S/c19-15-8-9-17(22(23)24)16(12-15)20-13-14-6-2-3-7-18(14)27(25,26)21-10-4-1-5-11-21/h2-3,6-9,12,20H,1,4-5,10-11,13H2. The van der Waals surface area contributed by atoms with Crippen LogP contribution >= 0.6 is 0 Å². The Labute approximate surface area is 157 Å². The lowest BCUT2D eigenvalue weighted by Crippen LogP contribution is -2.36. The Hall–Kier alpha value is -2.52. The van der Waals surface area contributed by atoms with Gasteiger partial charge in [0, 0.05) is 31.8 Å². The topological polar surface area (TPSA) is 92.5 Å². The van der Waals surface area contributed by atoms with E-state index in [2.05, 4.69) is 5.32 Å². The highest BCUT2D eigenvalue weighted by molar-refractivity contribution is 7.89. The van der Waals surface area contributed by atoms with Crippen LogP contribution in [0.15, 0.2) is 47.4 Å². The minimum atomic E-state index is -3.65. The zero-order valence-corrected chi connectivity index (χ0v) is 15.4. The van der Waals surface area contributed by atoms with Crippen LogP contribution in [0.2, 0.25) is 0 Å². The summed E-state index contributed by atoms with van der Waals surface area (Å²) in [5.74, 6) is -0.614. The van der Waals surface area contributed by atoms with Gasteiger partial charge in [0.25, 0.3) is 5.69 Å². The van der Waals surface area contributed by atoms with Crippen LogP contribution in [0.1, 0.15) is 24.8 Å². The molecule has 7 nitrogen and oxygen atoms in total. The van der Waals surface area contributed by atoms with Crippen LogP contribution in [0.25, 0.3) is 0 Å². The van der Waals surface area contributed by atoms with Gasteiger partial charge < -0.3 is 5.32 Å². The monoisotopic (exact) mass is 393 g/mol. The van der Waals surface area contributed by atoms with Gasteiger partial charge in [-0.15, -0.1) is 0 Å². The molecule has 0 saturated carbocycles.